The van der Waals surface area contributed by atoms with Crippen LogP contribution in [0.2, 0.25) is 0 Å². The Labute approximate surface area is 147 Å². The van der Waals surface area contributed by atoms with Gasteiger partial charge in [0, 0.05) is 13.1 Å². The minimum absolute atomic E-state index is 0.0809. The topological polar surface area (TPSA) is 57.6 Å². The molecule has 2 aliphatic carbocycles. The molecule has 0 bridgehead atoms. The van der Waals surface area contributed by atoms with E-state index in [1.807, 2.05) is 6.07 Å². The molecule has 2 saturated carbocycles. The average Bonchev–Trinajstić information content (AvgIpc) is 3.28. The number of carboxylic acids is 1. The number of hydrogen-bond acceptors (Lipinski definition) is 2. The molecule has 1 saturated heterocycles. The van der Waals surface area contributed by atoms with Crippen LogP contribution in [0.3, 0.4) is 0 Å². The number of carboxylic acid groups (broad SMARTS) is 1. The van der Waals surface area contributed by atoms with E-state index in [-0.39, 0.29) is 17.6 Å². The molecule has 5 heteroatoms. The average molecular weight is 345 g/mol. The quantitative estimate of drug-likeness (QED) is 0.892. The Kier molecular flexibility index (Phi) is 4.05. The molecule has 0 unspecified atom stereocenters. The van der Waals surface area contributed by atoms with Gasteiger partial charge in [-0.25, -0.2) is 4.39 Å². The predicted octanol–water partition coefficient (Wildman–Crippen LogP) is 3.11. The molecule has 1 amide bonds. The number of aliphatic carboxylic acids is 1. The van der Waals surface area contributed by atoms with E-state index in [9.17, 15) is 19.1 Å². The molecule has 3 aliphatic rings. The molecule has 0 spiro atoms. The Morgan fingerprint density at radius 1 is 1.24 bits per heavy atom. The van der Waals surface area contributed by atoms with Crippen molar-refractivity contribution in [1.82, 2.24) is 4.90 Å². The number of benzene rings is 1. The van der Waals surface area contributed by atoms with Crippen molar-refractivity contribution in [3.05, 3.63) is 35.6 Å². The third-order valence-corrected chi connectivity index (χ3v) is 6.39. The van der Waals surface area contributed by atoms with Gasteiger partial charge in [0.05, 0.1) is 11.3 Å². The fourth-order valence-corrected chi connectivity index (χ4v) is 4.70. The zero-order chi connectivity index (χ0) is 17.6. The highest BCUT2D eigenvalue weighted by Gasteiger charge is 2.52. The zero-order valence-electron chi connectivity index (χ0n) is 14.3. The minimum Gasteiger partial charge on any atom is -0.481 e. The van der Waals surface area contributed by atoms with Gasteiger partial charge in [0.1, 0.15) is 5.82 Å². The highest BCUT2D eigenvalue weighted by Crippen LogP contribution is 2.49. The van der Waals surface area contributed by atoms with Crippen molar-refractivity contribution in [2.75, 3.05) is 13.1 Å². The maximum absolute atomic E-state index is 13.5. The smallest absolute Gasteiger partial charge is 0.308 e. The number of carbonyl (C=O) groups is 2. The van der Waals surface area contributed by atoms with Gasteiger partial charge in [-0.15, -0.1) is 0 Å². The van der Waals surface area contributed by atoms with E-state index in [1.165, 1.54) is 12.1 Å². The van der Waals surface area contributed by atoms with E-state index in [2.05, 4.69) is 0 Å². The summed E-state index contributed by atoms with van der Waals surface area (Å²) in [5, 5.41) is 9.52. The fourth-order valence-electron chi connectivity index (χ4n) is 4.70. The Morgan fingerprint density at radius 2 is 2.00 bits per heavy atom. The molecule has 0 aromatic heterocycles. The lowest BCUT2D eigenvalue weighted by Gasteiger charge is -2.43. The predicted molar refractivity (Wildman–Crippen MR) is 90.3 cm³/mol. The van der Waals surface area contributed by atoms with Gasteiger partial charge in [0.25, 0.3) is 0 Å². The third-order valence-electron chi connectivity index (χ3n) is 6.39. The van der Waals surface area contributed by atoms with Crippen LogP contribution in [0.15, 0.2) is 24.3 Å². The summed E-state index contributed by atoms with van der Waals surface area (Å²) in [6, 6.07) is 6.47. The van der Waals surface area contributed by atoms with Crippen molar-refractivity contribution in [2.24, 2.45) is 23.2 Å². The van der Waals surface area contributed by atoms with Crippen molar-refractivity contribution < 1.29 is 19.1 Å². The highest BCUT2D eigenvalue weighted by molar-refractivity contribution is 5.85. The Morgan fingerprint density at radius 3 is 2.56 bits per heavy atom. The van der Waals surface area contributed by atoms with Crippen LogP contribution in [0.4, 0.5) is 4.39 Å². The maximum atomic E-state index is 13.5. The number of rotatable bonds is 5. The SMILES string of the molecule is O=C(O)[C@H]1CN(C(=O)C2(Cc3cccc(F)c3)CCC2)C[C@@H]1C1CC1. The van der Waals surface area contributed by atoms with Crippen LogP contribution in [0.25, 0.3) is 0 Å². The molecule has 4 nitrogen and oxygen atoms in total. The molecule has 25 heavy (non-hydrogen) atoms. The molecular formula is C20H24FNO3. The Bertz CT molecular complexity index is 696. The standard InChI is InChI=1S/C20H24FNO3/c21-15-4-1-3-13(9-15)10-20(7-2-8-20)19(25)22-11-16(14-5-6-14)17(12-22)18(23)24/h1,3-4,9,14,16-17H,2,5-8,10-12H2,(H,23,24)/t16-,17+/m1/s1. The van der Waals surface area contributed by atoms with Gasteiger partial charge < -0.3 is 10.0 Å². The lowest BCUT2D eigenvalue weighted by Crippen LogP contribution is -2.48. The second kappa shape index (κ2) is 6.11. The summed E-state index contributed by atoms with van der Waals surface area (Å²) in [5.41, 5.74) is 0.385. The van der Waals surface area contributed by atoms with E-state index in [0.717, 1.165) is 37.7 Å². The van der Waals surface area contributed by atoms with Crippen LogP contribution >= 0.6 is 0 Å². The zero-order valence-corrected chi connectivity index (χ0v) is 14.3. The monoisotopic (exact) mass is 345 g/mol. The summed E-state index contributed by atoms with van der Waals surface area (Å²) in [6.07, 6.45) is 5.35. The highest BCUT2D eigenvalue weighted by atomic mass is 19.1. The number of hydrogen-bond donors (Lipinski definition) is 1. The van der Waals surface area contributed by atoms with Gasteiger partial charge in [-0.1, -0.05) is 18.6 Å². The van der Waals surface area contributed by atoms with E-state index in [4.69, 9.17) is 0 Å². The van der Waals surface area contributed by atoms with Crippen LogP contribution in [0.1, 0.15) is 37.7 Å². The molecule has 3 fully saturated rings. The summed E-state index contributed by atoms with van der Waals surface area (Å²) in [4.78, 5) is 26.6. The first-order chi connectivity index (χ1) is 12.0. The maximum Gasteiger partial charge on any atom is 0.308 e. The summed E-state index contributed by atoms with van der Waals surface area (Å²) in [6.45, 7) is 0.908. The van der Waals surface area contributed by atoms with Crippen molar-refractivity contribution in [3.8, 4) is 0 Å². The molecule has 0 radical (unpaired) electrons. The van der Waals surface area contributed by atoms with Crippen LogP contribution in [0, 0.1) is 29.0 Å². The lowest BCUT2D eigenvalue weighted by molar-refractivity contribution is -0.147. The van der Waals surface area contributed by atoms with Gasteiger partial charge in [-0.2, -0.15) is 0 Å². The first kappa shape index (κ1) is 16.6. The van der Waals surface area contributed by atoms with Gasteiger partial charge in [0.15, 0.2) is 0 Å². The van der Waals surface area contributed by atoms with Crippen LogP contribution in [-0.2, 0) is 16.0 Å². The molecule has 4 rings (SSSR count). The van der Waals surface area contributed by atoms with Crippen LogP contribution in [0.5, 0.6) is 0 Å². The van der Waals surface area contributed by atoms with Crippen molar-refractivity contribution in [1.29, 1.82) is 0 Å². The van der Waals surface area contributed by atoms with Gasteiger partial charge in [-0.3, -0.25) is 9.59 Å². The fraction of sp³-hybridized carbons (Fsp3) is 0.600. The molecule has 1 aromatic carbocycles. The number of likely N-dealkylation sites (tertiary alicyclic amines) is 1. The van der Waals surface area contributed by atoms with Gasteiger partial charge in [0.2, 0.25) is 5.91 Å². The first-order valence-corrected chi connectivity index (χ1v) is 9.25. The molecule has 1 N–H and O–H groups in total. The van der Waals surface area contributed by atoms with Crippen molar-refractivity contribution >= 4 is 11.9 Å². The first-order valence-electron chi connectivity index (χ1n) is 9.25. The van der Waals surface area contributed by atoms with Crippen LogP contribution in [-0.4, -0.2) is 35.0 Å². The molecular weight excluding hydrogens is 321 g/mol. The van der Waals surface area contributed by atoms with Gasteiger partial charge >= 0.3 is 5.97 Å². The van der Waals surface area contributed by atoms with Crippen molar-refractivity contribution in [3.63, 3.8) is 0 Å². The van der Waals surface area contributed by atoms with E-state index >= 15 is 0 Å². The second-order valence-corrected chi connectivity index (χ2v) is 8.10. The number of halogens is 1. The largest absolute Gasteiger partial charge is 0.481 e. The number of nitrogens with zero attached hydrogens (tertiary/aromatic N) is 1. The Hall–Kier alpha value is -1.91. The molecule has 1 aromatic rings. The summed E-state index contributed by atoms with van der Waals surface area (Å²) in [5.74, 6) is -0.826. The van der Waals surface area contributed by atoms with Crippen LogP contribution < -0.4 is 0 Å². The van der Waals surface area contributed by atoms with Crippen molar-refractivity contribution in [2.45, 2.75) is 38.5 Å². The molecule has 1 aliphatic heterocycles. The molecule has 1 heterocycles. The molecule has 2 atom stereocenters. The normalized spacial score (nSPS) is 27.8. The summed E-state index contributed by atoms with van der Waals surface area (Å²) in [7, 11) is 0. The van der Waals surface area contributed by atoms with E-state index in [0.29, 0.717) is 25.4 Å². The second-order valence-electron chi connectivity index (χ2n) is 8.10. The van der Waals surface area contributed by atoms with E-state index in [1.54, 1.807) is 11.0 Å². The molecule has 134 valence electrons. The third kappa shape index (κ3) is 3.05. The number of amides is 1. The summed E-state index contributed by atoms with van der Waals surface area (Å²) < 4.78 is 13.5. The van der Waals surface area contributed by atoms with Gasteiger partial charge in [-0.05, 0) is 61.6 Å². The minimum atomic E-state index is -0.778. The summed E-state index contributed by atoms with van der Waals surface area (Å²) >= 11 is 0. The van der Waals surface area contributed by atoms with E-state index < -0.39 is 17.3 Å². The lowest BCUT2D eigenvalue weighted by atomic mass is 9.64. The Balaban J connectivity index is 1.51. The number of carbonyl (C=O) groups excluding carboxylic acids is 1.